The van der Waals surface area contributed by atoms with Gasteiger partial charge in [0.25, 0.3) is 0 Å². The van der Waals surface area contributed by atoms with Gasteiger partial charge in [0.15, 0.2) is 0 Å². The van der Waals surface area contributed by atoms with Crippen molar-refractivity contribution >= 4 is 11.8 Å². The first-order chi connectivity index (χ1) is 7.38. The number of thioether (sulfide) groups is 1. The molecule has 1 aliphatic rings. The zero-order valence-corrected chi connectivity index (χ0v) is 9.96. The van der Waals surface area contributed by atoms with Crippen LogP contribution in [-0.2, 0) is 0 Å². The summed E-state index contributed by atoms with van der Waals surface area (Å²) in [6.45, 7) is 3.27. The number of hydrogen-bond donors (Lipinski definition) is 1. The summed E-state index contributed by atoms with van der Waals surface area (Å²) in [6.07, 6.45) is 5.80. The lowest BCUT2D eigenvalue weighted by Gasteiger charge is -2.11. The third kappa shape index (κ3) is 3.21. The zero-order chi connectivity index (χ0) is 10.5. The van der Waals surface area contributed by atoms with Gasteiger partial charge >= 0.3 is 0 Å². The van der Waals surface area contributed by atoms with Crippen LogP contribution < -0.4 is 5.32 Å². The quantitative estimate of drug-likeness (QED) is 0.848. The maximum atomic E-state index is 4.36. The van der Waals surface area contributed by atoms with E-state index < -0.39 is 0 Å². The summed E-state index contributed by atoms with van der Waals surface area (Å²) >= 11 is 1.93. The molecule has 0 amide bonds. The number of aromatic nitrogens is 1. The van der Waals surface area contributed by atoms with Crippen LogP contribution in [-0.4, -0.2) is 22.8 Å². The molecule has 0 saturated heterocycles. The fourth-order valence-corrected chi connectivity index (χ4v) is 3.31. The standard InChI is InChI=1S/C12H18N2S/c1-2-13-10-6-7-11(9-10)15-12-5-3-4-8-14-12/h3-5,8,10-11,13H,2,6-7,9H2,1H3. The smallest absolute Gasteiger partial charge is 0.0962 e. The summed E-state index contributed by atoms with van der Waals surface area (Å²) in [5.74, 6) is 0. The van der Waals surface area contributed by atoms with Gasteiger partial charge in [0.2, 0.25) is 0 Å². The summed E-state index contributed by atoms with van der Waals surface area (Å²) < 4.78 is 0. The van der Waals surface area contributed by atoms with Gasteiger partial charge in [0.1, 0.15) is 0 Å². The molecule has 0 aliphatic heterocycles. The Morgan fingerprint density at radius 1 is 1.47 bits per heavy atom. The van der Waals surface area contributed by atoms with Crippen LogP contribution in [0.15, 0.2) is 29.4 Å². The van der Waals surface area contributed by atoms with E-state index in [4.69, 9.17) is 0 Å². The van der Waals surface area contributed by atoms with Crippen LogP contribution >= 0.6 is 11.8 Å². The second kappa shape index (κ2) is 5.52. The Kier molecular flexibility index (Phi) is 4.03. The minimum Gasteiger partial charge on any atom is -0.314 e. The molecule has 1 aliphatic carbocycles. The Morgan fingerprint density at radius 2 is 2.40 bits per heavy atom. The van der Waals surface area contributed by atoms with Crippen LogP contribution in [0.4, 0.5) is 0 Å². The van der Waals surface area contributed by atoms with Crippen molar-refractivity contribution in [1.82, 2.24) is 10.3 Å². The molecule has 2 atom stereocenters. The summed E-state index contributed by atoms with van der Waals surface area (Å²) in [4.78, 5) is 4.36. The van der Waals surface area contributed by atoms with Crippen LogP contribution in [0, 0.1) is 0 Å². The van der Waals surface area contributed by atoms with Crippen LogP contribution in [0.5, 0.6) is 0 Å². The van der Waals surface area contributed by atoms with Crippen LogP contribution in [0.2, 0.25) is 0 Å². The lowest BCUT2D eigenvalue weighted by molar-refractivity contribution is 0.543. The molecule has 15 heavy (non-hydrogen) atoms. The number of nitrogens with one attached hydrogen (secondary N) is 1. The van der Waals surface area contributed by atoms with Gasteiger partial charge in [0, 0.05) is 17.5 Å². The Bertz CT molecular complexity index is 289. The van der Waals surface area contributed by atoms with Crippen molar-refractivity contribution in [2.75, 3.05) is 6.54 Å². The van der Waals surface area contributed by atoms with Crippen LogP contribution in [0.25, 0.3) is 0 Å². The lowest BCUT2D eigenvalue weighted by Crippen LogP contribution is -2.26. The molecule has 1 saturated carbocycles. The third-order valence-electron chi connectivity index (χ3n) is 2.80. The number of hydrogen-bond acceptors (Lipinski definition) is 3. The van der Waals surface area contributed by atoms with E-state index in [2.05, 4.69) is 29.4 Å². The topological polar surface area (TPSA) is 24.9 Å². The first-order valence-corrected chi connectivity index (χ1v) is 6.57. The molecule has 1 N–H and O–H groups in total. The van der Waals surface area contributed by atoms with E-state index in [-0.39, 0.29) is 0 Å². The highest BCUT2D eigenvalue weighted by molar-refractivity contribution is 7.99. The van der Waals surface area contributed by atoms with E-state index in [0.29, 0.717) is 0 Å². The third-order valence-corrected chi connectivity index (χ3v) is 4.05. The van der Waals surface area contributed by atoms with Gasteiger partial charge in [-0.1, -0.05) is 13.0 Å². The Balaban J connectivity index is 1.82. The maximum absolute atomic E-state index is 4.36. The molecule has 82 valence electrons. The van der Waals surface area contributed by atoms with Crippen LogP contribution in [0.1, 0.15) is 26.2 Å². The Labute approximate surface area is 95.9 Å². The normalized spacial score (nSPS) is 25.7. The monoisotopic (exact) mass is 222 g/mol. The minimum atomic E-state index is 0.733. The van der Waals surface area contributed by atoms with E-state index in [1.165, 1.54) is 24.3 Å². The Hall–Kier alpha value is -0.540. The molecule has 3 heteroatoms. The van der Waals surface area contributed by atoms with Gasteiger partial charge in [-0.3, -0.25) is 0 Å². The fourth-order valence-electron chi connectivity index (χ4n) is 2.11. The first-order valence-electron chi connectivity index (χ1n) is 5.69. The second-order valence-electron chi connectivity index (χ2n) is 3.98. The molecule has 2 unspecified atom stereocenters. The van der Waals surface area contributed by atoms with Crippen molar-refractivity contribution in [3.05, 3.63) is 24.4 Å². The number of pyridine rings is 1. The summed E-state index contributed by atoms with van der Waals surface area (Å²) in [5.41, 5.74) is 0. The number of rotatable bonds is 4. The predicted octanol–water partition coefficient (Wildman–Crippen LogP) is 2.70. The van der Waals surface area contributed by atoms with Crippen molar-refractivity contribution in [3.8, 4) is 0 Å². The SMILES string of the molecule is CCNC1CCC(Sc2ccccn2)C1. The molecule has 0 aromatic carbocycles. The first kappa shape index (κ1) is 11.0. The molecule has 2 nitrogen and oxygen atoms in total. The number of nitrogens with zero attached hydrogens (tertiary/aromatic N) is 1. The maximum Gasteiger partial charge on any atom is 0.0962 e. The van der Waals surface area contributed by atoms with Crippen molar-refractivity contribution < 1.29 is 0 Å². The van der Waals surface area contributed by atoms with Crippen molar-refractivity contribution in [2.45, 2.75) is 42.5 Å². The van der Waals surface area contributed by atoms with Crippen molar-refractivity contribution in [3.63, 3.8) is 0 Å². The van der Waals surface area contributed by atoms with Gasteiger partial charge in [-0.2, -0.15) is 0 Å². The van der Waals surface area contributed by atoms with E-state index >= 15 is 0 Å². The molecule has 0 bridgehead atoms. The van der Waals surface area contributed by atoms with Gasteiger partial charge in [-0.05, 0) is 37.9 Å². The van der Waals surface area contributed by atoms with Crippen molar-refractivity contribution in [1.29, 1.82) is 0 Å². The average molecular weight is 222 g/mol. The molecule has 0 radical (unpaired) electrons. The highest BCUT2D eigenvalue weighted by Gasteiger charge is 2.24. The summed E-state index contributed by atoms with van der Waals surface area (Å²) in [7, 11) is 0. The van der Waals surface area contributed by atoms with Gasteiger partial charge < -0.3 is 5.32 Å². The molecule has 1 aromatic heterocycles. The largest absolute Gasteiger partial charge is 0.314 e. The van der Waals surface area contributed by atoms with E-state index in [0.717, 1.165) is 17.8 Å². The highest BCUT2D eigenvalue weighted by Crippen LogP contribution is 2.33. The summed E-state index contributed by atoms with van der Waals surface area (Å²) in [5, 5.41) is 5.45. The summed E-state index contributed by atoms with van der Waals surface area (Å²) in [6, 6.07) is 6.87. The van der Waals surface area contributed by atoms with Gasteiger partial charge in [0.05, 0.1) is 5.03 Å². The fraction of sp³-hybridized carbons (Fsp3) is 0.583. The second-order valence-corrected chi connectivity index (χ2v) is 5.30. The lowest BCUT2D eigenvalue weighted by atomic mass is 10.2. The molecular weight excluding hydrogens is 204 g/mol. The molecule has 1 fully saturated rings. The molecule has 0 spiro atoms. The molecule has 1 aromatic rings. The zero-order valence-electron chi connectivity index (χ0n) is 9.15. The predicted molar refractivity (Wildman–Crippen MR) is 65.2 cm³/mol. The van der Waals surface area contributed by atoms with Gasteiger partial charge in [-0.15, -0.1) is 11.8 Å². The van der Waals surface area contributed by atoms with E-state index in [1.807, 2.05) is 24.0 Å². The molecular formula is C12H18N2S. The average Bonchev–Trinajstić information content (AvgIpc) is 2.68. The van der Waals surface area contributed by atoms with Gasteiger partial charge in [-0.25, -0.2) is 4.98 Å². The van der Waals surface area contributed by atoms with Crippen molar-refractivity contribution in [2.24, 2.45) is 0 Å². The van der Waals surface area contributed by atoms with E-state index in [1.54, 1.807) is 0 Å². The van der Waals surface area contributed by atoms with Crippen LogP contribution in [0.3, 0.4) is 0 Å². The minimum absolute atomic E-state index is 0.733. The highest BCUT2D eigenvalue weighted by atomic mass is 32.2. The molecule has 1 heterocycles. The van der Waals surface area contributed by atoms with E-state index in [9.17, 15) is 0 Å². The Morgan fingerprint density at radius 3 is 3.13 bits per heavy atom. The molecule has 2 rings (SSSR count).